The molecule has 132 valence electrons. The van der Waals surface area contributed by atoms with Crippen molar-refractivity contribution >= 4 is 33.1 Å². The summed E-state index contributed by atoms with van der Waals surface area (Å²) in [5.74, 6) is -0.173. The SMILES string of the molecule is O=C(CNc1ccc(Cl)cc1)c1cccc(S(=O)(=O)N2CCCC2)c1. The third-order valence-corrected chi connectivity index (χ3v) is 6.30. The van der Waals surface area contributed by atoms with E-state index in [-0.39, 0.29) is 17.2 Å². The predicted molar refractivity (Wildman–Crippen MR) is 98.7 cm³/mol. The zero-order valence-electron chi connectivity index (χ0n) is 13.6. The number of nitrogens with zero attached hydrogens (tertiary/aromatic N) is 1. The molecule has 5 nitrogen and oxygen atoms in total. The highest BCUT2D eigenvalue weighted by molar-refractivity contribution is 7.89. The summed E-state index contributed by atoms with van der Waals surface area (Å²) in [6.07, 6.45) is 1.76. The van der Waals surface area contributed by atoms with Crippen molar-refractivity contribution in [2.24, 2.45) is 0 Å². The van der Waals surface area contributed by atoms with E-state index >= 15 is 0 Å². The summed E-state index contributed by atoms with van der Waals surface area (Å²) < 4.78 is 26.7. The van der Waals surface area contributed by atoms with Crippen LogP contribution in [-0.4, -0.2) is 38.1 Å². The van der Waals surface area contributed by atoms with Gasteiger partial charge >= 0.3 is 0 Å². The molecule has 2 aromatic rings. The third kappa shape index (κ3) is 4.21. The summed E-state index contributed by atoms with van der Waals surface area (Å²) in [7, 11) is -3.52. The van der Waals surface area contributed by atoms with Gasteiger partial charge in [-0.3, -0.25) is 4.79 Å². The van der Waals surface area contributed by atoms with Crippen LogP contribution in [0.4, 0.5) is 5.69 Å². The average molecular weight is 379 g/mol. The van der Waals surface area contributed by atoms with Gasteiger partial charge in [0.2, 0.25) is 10.0 Å². The molecular formula is C18H19ClN2O3S. The van der Waals surface area contributed by atoms with E-state index in [0.29, 0.717) is 23.7 Å². The van der Waals surface area contributed by atoms with E-state index in [0.717, 1.165) is 18.5 Å². The van der Waals surface area contributed by atoms with Gasteiger partial charge in [0.25, 0.3) is 0 Å². The molecule has 3 rings (SSSR count). The first-order valence-corrected chi connectivity index (χ1v) is 9.91. The Morgan fingerprint density at radius 3 is 2.44 bits per heavy atom. The van der Waals surface area contributed by atoms with Crippen LogP contribution >= 0.6 is 11.6 Å². The molecule has 0 atom stereocenters. The molecule has 0 unspecified atom stereocenters. The van der Waals surface area contributed by atoms with Gasteiger partial charge in [0.1, 0.15) is 0 Å². The number of Topliss-reactive ketones (excluding diaryl/α,β-unsaturated/α-hetero) is 1. The number of halogens is 1. The minimum Gasteiger partial charge on any atom is -0.378 e. The number of carbonyl (C=O) groups is 1. The maximum Gasteiger partial charge on any atom is 0.243 e. The first-order chi connectivity index (χ1) is 12.0. The van der Waals surface area contributed by atoms with Crippen LogP contribution in [0.15, 0.2) is 53.4 Å². The van der Waals surface area contributed by atoms with Crippen LogP contribution in [0, 0.1) is 0 Å². The van der Waals surface area contributed by atoms with Crippen LogP contribution in [0.2, 0.25) is 5.02 Å². The maximum atomic E-state index is 12.6. The van der Waals surface area contributed by atoms with Crippen LogP contribution < -0.4 is 5.32 Å². The van der Waals surface area contributed by atoms with Crippen LogP contribution in [0.25, 0.3) is 0 Å². The van der Waals surface area contributed by atoms with Gasteiger partial charge in [0.15, 0.2) is 5.78 Å². The van der Waals surface area contributed by atoms with Gasteiger partial charge in [-0.1, -0.05) is 23.7 Å². The molecule has 1 aliphatic heterocycles. The highest BCUT2D eigenvalue weighted by atomic mass is 35.5. The Balaban J connectivity index is 1.72. The Morgan fingerprint density at radius 1 is 1.08 bits per heavy atom. The largest absolute Gasteiger partial charge is 0.378 e. The fourth-order valence-electron chi connectivity index (χ4n) is 2.76. The molecule has 0 amide bonds. The van der Waals surface area contributed by atoms with Crippen LogP contribution in [0.1, 0.15) is 23.2 Å². The molecule has 2 aromatic carbocycles. The fourth-order valence-corrected chi connectivity index (χ4v) is 4.45. The van der Waals surface area contributed by atoms with E-state index in [9.17, 15) is 13.2 Å². The van der Waals surface area contributed by atoms with Crippen LogP contribution in [-0.2, 0) is 10.0 Å². The number of hydrogen-bond acceptors (Lipinski definition) is 4. The highest BCUT2D eigenvalue weighted by Gasteiger charge is 2.27. The summed E-state index contributed by atoms with van der Waals surface area (Å²) in [5.41, 5.74) is 1.15. The lowest BCUT2D eigenvalue weighted by molar-refractivity contribution is 0.101. The molecule has 7 heteroatoms. The Bertz CT molecular complexity index is 860. The second kappa shape index (κ2) is 7.56. The van der Waals surface area contributed by atoms with Crippen molar-refractivity contribution in [3.05, 3.63) is 59.1 Å². The monoisotopic (exact) mass is 378 g/mol. The second-order valence-electron chi connectivity index (χ2n) is 5.92. The molecule has 0 saturated carbocycles. The number of rotatable bonds is 6. The van der Waals surface area contributed by atoms with Gasteiger partial charge in [-0.15, -0.1) is 0 Å². The fraction of sp³-hybridized carbons (Fsp3) is 0.278. The van der Waals surface area contributed by atoms with Gasteiger partial charge in [-0.2, -0.15) is 4.31 Å². The number of sulfonamides is 1. The molecule has 0 aliphatic carbocycles. The Kier molecular flexibility index (Phi) is 5.42. The summed E-state index contributed by atoms with van der Waals surface area (Å²) in [5, 5.41) is 3.64. The Morgan fingerprint density at radius 2 is 1.76 bits per heavy atom. The minimum absolute atomic E-state index is 0.0782. The first-order valence-electron chi connectivity index (χ1n) is 8.10. The lowest BCUT2D eigenvalue weighted by Gasteiger charge is -2.16. The number of carbonyl (C=O) groups excluding carboxylic acids is 1. The summed E-state index contributed by atoms with van der Waals surface area (Å²) in [6.45, 7) is 1.16. The minimum atomic E-state index is -3.52. The second-order valence-corrected chi connectivity index (χ2v) is 8.30. The maximum absolute atomic E-state index is 12.6. The zero-order chi connectivity index (χ0) is 17.9. The Labute approximate surface area is 152 Å². The van der Waals surface area contributed by atoms with Crippen molar-refractivity contribution in [2.45, 2.75) is 17.7 Å². The molecule has 0 aromatic heterocycles. The first kappa shape index (κ1) is 17.9. The topological polar surface area (TPSA) is 66.5 Å². The molecule has 1 N–H and O–H groups in total. The molecule has 1 aliphatic rings. The van der Waals surface area contributed by atoms with Crippen molar-refractivity contribution in [1.82, 2.24) is 4.31 Å². The van der Waals surface area contributed by atoms with Crippen molar-refractivity contribution in [3.8, 4) is 0 Å². The summed E-state index contributed by atoms with van der Waals surface area (Å²) in [4.78, 5) is 12.6. The molecule has 0 spiro atoms. The van der Waals surface area contributed by atoms with E-state index < -0.39 is 10.0 Å². The number of benzene rings is 2. The Hall–Kier alpha value is -1.89. The molecule has 25 heavy (non-hydrogen) atoms. The molecule has 1 saturated heterocycles. The average Bonchev–Trinajstić information content (AvgIpc) is 3.16. The number of nitrogens with one attached hydrogen (secondary N) is 1. The smallest absolute Gasteiger partial charge is 0.243 e. The number of ketones is 1. The highest BCUT2D eigenvalue weighted by Crippen LogP contribution is 2.22. The summed E-state index contributed by atoms with van der Waals surface area (Å²) >= 11 is 5.83. The third-order valence-electron chi connectivity index (χ3n) is 4.16. The van der Waals surface area contributed by atoms with E-state index in [2.05, 4.69) is 5.32 Å². The van der Waals surface area contributed by atoms with E-state index in [1.165, 1.54) is 16.4 Å². The lowest BCUT2D eigenvalue weighted by atomic mass is 10.1. The van der Waals surface area contributed by atoms with Crippen LogP contribution in [0.5, 0.6) is 0 Å². The standard InChI is InChI=1S/C18H19ClN2O3S/c19-15-6-8-16(9-7-15)20-13-18(22)14-4-3-5-17(12-14)25(23,24)21-10-1-2-11-21/h3-9,12,20H,1-2,10-11,13H2. The molecule has 1 heterocycles. The predicted octanol–water partition coefficient (Wildman–Crippen LogP) is 3.42. The zero-order valence-corrected chi connectivity index (χ0v) is 15.2. The van der Waals surface area contributed by atoms with E-state index in [1.807, 2.05) is 0 Å². The van der Waals surface area contributed by atoms with Crippen molar-refractivity contribution in [3.63, 3.8) is 0 Å². The number of hydrogen-bond donors (Lipinski definition) is 1. The lowest BCUT2D eigenvalue weighted by Crippen LogP contribution is -2.28. The normalized spacial score (nSPS) is 15.2. The molecule has 0 radical (unpaired) electrons. The number of anilines is 1. The van der Waals surface area contributed by atoms with E-state index in [4.69, 9.17) is 11.6 Å². The van der Waals surface area contributed by atoms with Crippen molar-refractivity contribution in [2.75, 3.05) is 25.0 Å². The van der Waals surface area contributed by atoms with Gasteiger partial charge < -0.3 is 5.32 Å². The van der Waals surface area contributed by atoms with Gasteiger partial charge in [0.05, 0.1) is 11.4 Å². The van der Waals surface area contributed by atoms with Gasteiger partial charge in [-0.05, 0) is 49.2 Å². The van der Waals surface area contributed by atoms with Gasteiger partial charge in [-0.25, -0.2) is 8.42 Å². The van der Waals surface area contributed by atoms with Crippen LogP contribution in [0.3, 0.4) is 0 Å². The summed E-state index contributed by atoms with van der Waals surface area (Å²) in [6, 6.07) is 13.3. The quantitative estimate of drug-likeness (QED) is 0.782. The molecule has 0 bridgehead atoms. The van der Waals surface area contributed by atoms with Crippen molar-refractivity contribution in [1.29, 1.82) is 0 Å². The van der Waals surface area contributed by atoms with Crippen molar-refractivity contribution < 1.29 is 13.2 Å². The molecular weight excluding hydrogens is 360 g/mol. The van der Waals surface area contributed by atoms with Gasteiger partial charge in [0, 0.05) is 29.4 Å². The van der Waals surface area contributed by atoms with E-state index in [1.54, 1.807) is 36.4 Å². The molecule has 1 fully saturated rings.